The van der Waals surface area contributed by atoms with Crippen molar-refractivity contribution in [3.63, 3.8) is 0 Å². The Kier molecular flexibility index (Phi) is 3.62. The lowest BCUT2D eigenvalue weighted by Crippen LogP contribution is -2.48. The molecule has 2 aromatic carbocycles. The van der Waals surface area contributed by atoms with Crippen LogP contribution >= 0.6 is 0 Å². The highest BCUT2D eigenvalue weighted by Crippen LogP contribution is 2.62. The van der Waals surface area contributed by atoms with Crippen LogP contribution in [0.4, 0.5) is 5.69 Å². The van der Waals surface area contributed by atoms with E-state index in [-0.39, 0.29) is 5.41 Å². The molecule has 4 heteroatoms. The summed E-state index contributed by atoms with van der Waals surface area (Å²) in [5.41, 5.74) is 10.6. The lowest BCUT2D eigenvalue weighted by atomic mass is 9.48. The number of aromatic hydroxyl groups is 1. The predicted octanol–water partition coefficient (Wildman–Crippen LogP) is 5.76. The summed E-state index contributed by atoms with van der Waals surface area (Å²) in [6.07, 6.45) is 7.86. The number of aromatic nitrogens is 1. The van der Waals surface area contributed by atoms with Crippen LogP contribution < -0.4 is 5.73 Å². The van der Waals surface area contributed by atoms with E-state index >= 15 is 0 Å². The van der Waals surface area contributed by atoms with Crippen LogP contribution in [0.25, 0.3) is 22.6 Å². The van der Waals surface area contributed by atoms with Gasteiger partial charge in [0.05, 0.1) is 0 Å². The van der Waals surface area contributed by atoms with Crippen molar-refractivity contribution < 1.29 is 9.63 Å². The second-order valence-corrected chi connectivity index (χ2v) is 9.63. The highest BCUT2D eigenvalue weighted by molar-refractivity contribution is 5.69. The Morgan fingerprint density at radius 2 is 1.48 bits per heavy atom. The van der Waals surface area contributed by atoms with Crippen LogP contribution in [0.1, 0.15) is 44.1 Å². The molecule has 0 radical (unpaired) electrons. The van der Waals surface area contributed by atoms with Gasteiger partial charge in [0, 0.05) is 28.4 Å². The van der Waals surface area contributed by atoms with Crippen LogP contribution in [-0.4, -0.2) is 10.3 Å². The quantitative estimate of drug-likeness (QED) is 0.561. The summed E-state index contributed by atoms with van der Waals surface area (Å²) in [6.45, 7) is 0. The highest BCUT2D eigenvalue weighted by atomic mass is 16.5. The first kappa shape index (κ1) is 17.1. The largest absolute Gasteiger partial charge is 0.508 e. The first-order valence-electron chi connectivity index (χ1n) is 10.7. The second kappa shape index (κ2) is 6.12. The van der Waals surface area contributed by atoms with Crippen molar-refractivity contribution in [1.29, 1.82) is 0 Å². The van der Waals surface area contributed by atoms with Gasteiger partial charge in [-0.3, -0.25) is 0 Å². The predicted molar refractivity (Wildman–Crippen MR) is 113 cm³/mol. The lowest BCUT2D eigenvalue weighted by molar-refractivity contribution is -0.00611. The Balaban J connectivity index is 1.37. The molecule has 0 aliphatic heterocycles. The van der Waals surface area contributed by atoms with Gasteiger partial charge < -0.3 is 15.4 Å². The third kappa shape index (κ3) is 2.77. The number of phenolic OH excluding ortho intramolecular Hbond substituents is 1. The summed E-state index contributed by atoms with van der Waals surface area (Å²) in [5.74, 6) is 3.70. The molecule has 7 rings (SSSR count). The smallest absolute Gasteiger partial charge is 0.167 e. The van der Waals surface area contributed by atoms with E-state index in [1.807, 2.05) is 42.5 Å². The topological polar surface area (TPSA) is 72.3 Å². The number of anilines is 1. The molecule has 4 fully saturated rings. The van der Waals surface area contributed by atoms with Crippen molar-refractivity contribution in [2.45, 2.75) is 43.9 Å². The van der Waals surface area contributed by atoms with E-state index in [0.717, 1.165) is 51.6 Å². The molecule has 4 aliphatic rings. The van der Waals surface area contributed by atoms with Crippen molar-refractivity contribution in [2.24, 2.45) is 17.8 Å². The zero-order chi connectivity index (χ0) is 19.6. The molecule has 0 spiro atoms. The number of hydrogen-bond acceptors (Lipinski definition) is 4. The van der Waals surface area contributed by atoms with Crippen LogP contribution in [0, 0.1) is 17.8 Å². The van der Waals surface area contributed by atoms with Gasteiger partial charge in [-0.1, -0.05) is 17.3 Å². The van der Waals surface area contributed by atoms with Gasteiger partial charge in [0.15, 0.2) is 5.76 Å². The number of nitrogens with zero attached hydrogens (tertiary/aromatic N) is 1. The molecular weight excluding hydrogens is 360 g/mol. The maximum atomic E-state index is 10.8. The monoisotopic (exact) mass is 386 g/mol. The molecule has 0 amide bonds. The fourth-order valence-corrected chi connectivity index (χ4v) is 6.76. The summed E-state index contributed by atoms with van der Waals surface area (Å²) in [5, 5.41) is 15.1. The van der Waals surface area contributed by atoms with Gasteiger partial charge in [-0.2, -0.15) is 0 Å². The van der Waals surface area contributed by atoms with E-state index in [9.17, 15) is 5.11 Å². The fraction of sp³-hybridized carbons (Fsp3) is 0.400. The standard InChI is InChI=1S/C25H26N2O2/c26-20-4-1-18(2-5-20)22-11-24(29-27-22)19-3-6-23(28)21(10-19)25-12-15-7-16(13-25)9-17(8-15)14-25/h1-6,10-11,15-17,28H,7-9,12-14,26H2. The minimum Gasteiger partial charge on any atom is -0.508 e. The Bertz CT molecular complexity index is 1030. The van der Waals surface area contributed by atoms with Crippen molar-refractivity contribution in [2.75, 3.05) is 5.73 Å². The number of nitrogen functional groups attached to an aromatic ring is 1. The second-order valence-electron chi connectivity index (χ2n) is 9.63. The van der Waals surface area contributed by atoms with Crippen LogP contribution in [0.5, 0.6) is 5.75 Å². The molecule has 29 heavy (non-hydrogen) atoms. The summed E-state index contributed by atoms with van der Waals surface area (Å²) in [6, 6.07) is 15.6. The van der Waals surface area contributed by atoms with E-state index in [4.69, 9.17) is 10.3 Å². The molecule has 4 saturated carbocycles. The van der Waals surface area contributed by atoms with Crippen molar-refractivity contribution in [3.05, 3.63) is 54.1 Å². The van der Waals surface area contributed by atoms with Crippen LogP contribution in [0.3, 0.4) is 0 Å². The minimum absolute atomic E-state index is 0.147. The summed E-state index contributed by atoms with van der Waals surface area (Å²) < 4.78 is 5.69. The van der Waals surface area contributed by atoms with Gasteiger partial charge in [-0.15, -0.1) is 0 Å². The Hall–Kier alpha value is -2.75. The van der Waals surface area contributed by atoms with Crippen LogP contribution in [0.15, 0.2) is 53.1 Å². The van der Waals surface area contributed by atoms with E-state index < -0.39 is 0 Å². The van der Waals surface area contributed by atoms with Crippen LogP contribution in [0.2, 0.25) is 0 Å². The van der Waals surface area contributed by atoms with Gasteiger partial charge in [0.1, 0.15) is 11.4 Å². The SMILES string of the molecule is Nc1ccc(-c2cc(-c3ccc(O)c(C45CC6CC(CC(C6)C4)C5)c3)on2)cc1. The third-order valence-electron chi connectivity index (χ3n) is 7.61. The van der Waals surface area contributed by atoms with E-state index in [2.05, 4.69) is 11.2 Å². The number of benzene rings is 2. The van der Waals surface area contributed by atoms with Crippen molar-refractivity contribution >= 4 is 5.69 Å². The Morgan fingerprint density at radius 3 is 2.14 bits per heavy atom. The van der Waals surface area contributed by atoms with Crippen molar-refractivity contribution in [1.82, 2.24) is 5.16 Å². The average Bonchev–Trinajstić information content (AvgIpc) is 3.18. The number of rotatable bonds is 3. The third-order valence-corrected chi connectivity index (χ3v) is 7.61. The molecule has 4 nitrogen and oxygen atoms in total. The zero-order valence-electron chi connectivity index (χ0n) is 16.5. The minimum atomic E-state index is 0.147. The first-order valence-corrected chi connectivity index (χ1v) is 10.7. The Labute approximate surface area is 170 Å². The lowest BCUT2D eigenvalue weighted by Gasteiger charge is -2.57. The molecule has 0 atom stereocenters. The fourth-order valence-electron chi connectivity index (χ4n) is 6.76. The Morgan fingerprint density at radius 1 is 0.862 bits per heavy atom. The van der Waals surface area contributed by atoms with Gasteiger partial charge in [-0.05, 0) is 92.0 Å². The number of nitrogens with two attached hydrogens (primary N) is 1. The summed E-state index contributed by atoms with van der Waals surface area (Å²) in [4.78, 5) is 0. The van der Waals surface area contributed by atoms with Gasteiger partial charge >= 0.3 is 0 Å². The number of hydrogen-bond donors (Lipinski definition) is 2. The molecule has 3 N–H and O–H groups in total. The van der Waals surface area contributed by atoms with Crippen molar-refractivity contribution in [3.8, 4) is 28.3 Å². The summed E-state index contributed by atoms with van der Waals surface area (Å²) in [7, 11) is 0. The molecule has 0 saturated heterocycles. The van der Waals surface area contributed by atoms with Gasteiger partial charge in [0.25, 0.3) is 0 Å². The molecule has 3 aromatic rings. The first-order chi connectivity index (χ1) is 14.1. The molecule has 4 bridgehead atoms. The number of phenols is 1. The molecule has 148 valence electrons. The van der Waals surface area contributed by atoms with Gasteiger partial charge in [-0.25, -0.2) is 0 Å². The molecule has 0 unspecified atom stereocenters. The van der Waals surface area contributed by atoms with E-state index in [1.165, 1.54) is 38.5 Å². The maximum absolute atomic E-state index is 10.8. The van der Waals surface area contributed by atoms with Crippen LogP contribution in [-0.2, 0) is 5.41 Å². The molecule has 1 aromatic heterocycles. The highest BCUT2D eigenvalue weighted by Gasteiger charge is 2.52. The van der Waals surface area contributed by atoms with E-state index in [0.29, 0.717) is 5.75 Å². The molecular formula is C25H26N2O2. The van der Waals surface area contributed by atoms with E-state index in [1.54, 1.807) is 0 Å². The zero-order valence-corrected chi connectivity index (χ0v) is 16.5. The van der Waals surface area contributed by atoms with Gasteiger partial charge in [0.2, 0.25) is 0 Å². The average molecular weight is 386 g/mol. The normalized spacial score (nSPS) is 30.0. The molecule has 4 aliphatic carbocycles. The summed E-state index contributed by atoms with van der Waals surface area (Å²) >= 11 is 0. The maximum Gasteiger partial charge on any atom is 0.167 e. The molecule has 1 heterocycles.